The van der Waals surface area contributed by atoms with Crippen molar-refractivity contribution in [1.82, 2.24) is 20.4 Å². The predicted molar refractivity (Wildman–Crippen MR) is 114 cm³/mol. The first-order valence-corrected chi connectivity index (χ1v) is 11.3. The maximum atomic E-state index is 12.5. The van der Waals surface area contributed by atoms with E-state index in [1.165, 1.54) is 6.42 Å². The van der Waals surface area contributed by atoms with Gasteiger partial charge < -0.3 is 15.5 Å². The van der Waals surface area contributed by atoms with Gasteiger partial charge in [-0.05, 0) is 49.8 Å². The van der Waals surface area contributed by atoms with E-state index in [-0.39, 0.29) is 29.9 Å². The fourth-order valence-corrected chi connectivity index (χ4v) is 5.11. The molecule has 3 saturated heterocycles. The molecule has 29 heavy (non-hydrogen) atoms. The number of nitrogens with one attached hydrogen (secondary N) is 2. The summed E-state index contributed by atoms with van der Waals surface area (Å²) in [5.41, 5.74) is 1.15. The minimum absolute atomic E-state index is 0.0873. The number of amides is 2. The Morgan fingerprint density at radius 2 is 2.07 bits per heavy atom. The summed E-state index contributed by atoms with van der Waals surface area (Å²) in [4.78, 5) is 29.3. The SMILES string of the molecule is O=C1NC[C@@H](CCC(=O)N2CCCCC2)N2C[C@H](NCc3cccc(Cl)c3)C[C@H]12. The summed E-state index contributed by atoms with van der Waals surface area (Å²) in [5.74, 6) is 0.392. The van der Waals surface area contributed by atoms with Crippen molar-refractivity contribution in [3.8, 4) is 0 Å². The van der Waals surface area contributed by atoms with Gasteiger partial charge in [-0.3, -0.25) is 14.5 Å². The third-order valence-corrected chi connectivity index (χ3v) is 6.74. The molecule has 0 saturated carbocycles. The molecule has 4 rings (SSSR count). The Morgan fingerprint density at radius 3 is 2.86 bits per heavy atom. The van der Waals surface area contributed by atoms with Crippen LogP contribution in [-0.2, 0) is 16.1 Å². The molecule has 2 amide bonds. The molecular weight excluding hydrogens is 388 g/mol. The standard InChI is InChI=1S/C22H31ClN4O2/c23-17-6-4-5-16(11-17)13-24-18-12-20-22(29)25-14-19(27(20)15-18)7-8-21(28)26-9-2-1-3-10-26/h4-6,11,18-20,24H,1-3,7-10,12-15H2,(H,25,29)/t18-,19-,20-/m1/s1. The van der Waals surface area contributed by atoms with Crippen LogP contribution in [-0.4, -0.2) is 65.9 Å². The molecule has 2 N–H and O–H groups in total. The van der Waals surface area contributed by atoms with Crippen LogP contribution < -0.4 is 10.6 Å². The van der Waals surface area contributed by atoms with Gasteiger partial charge in [-0.1, -0.05) is 23.7 Å². The number of benzene rings is 1. The van der Waals surface area contributed by atoms with Crippen LogP contribution in [0.5, 0.6) is 0 Å². The molecule has 6 nitrogen and oxygen atoms in total. The van der Waals surface area contributed by atoms with Gasteiger partial charge in [0.05, 0.1) is 6.04 Å². The Balaban J connectivity index is 1.30. The third-order valence-electron chi connectivity index (χ3n) is 6.51. The highest BCUT2D eigenvalue weighted by Crippen LogP contribution is 2.26. The number of halogens is 1. The second-order valence-electron chi connectivity index (χ2n) is 8.54. The van der Waals surface area contributed by atoms with Crippen molar-refractivity contribution in [2.45, 2.75) is 63.2 Å². The summed E-state index contributed by atoms with van der Waals surface area (Å²) in [6.45, 7) is 4.04. The zero-order valence-corrected chi connectivity index (χ0v) is 17.7. The molecule has 3 aliphatic rings. The van der Waals surface area contributed by atoms with Crippen LogP contribution in [0.15, 0.2) is 24.3 Å². The molecule has 0 radical (unpaired) electrons. The van der Waals surface area contributed by atoms with Crippen LogP contribution >= 0.6 is 11.6 Å². The van der Waals surface area contributed by atoms with Crippen LogP contribution in [0.2, 0.25) is 5.02 Å². The zero-order valence-electron chi connectivity index (χ0n) is 16.9. The Labute approximate surface area is 177 Å². The average molecular weight is 419 g/mol. The number of piperazine rings is 1. The van der Waals surface area contributed by atoms with Gasteiger partial charge in [-0.25, -0.2) is 0 Å². The van der Waals surface area contributed by atoms with Crippen molar-refractivity contribution in [1.29, 1.82) is 0 Å². The lowest BCUT2D eigenvalue weighted by Crippen LogP contribution is -2.58. The molecule has 3 atom stereocenters. The van der Waals surface area contributed by atoms with Gasteiger partial charge in [-0.2, -0.15) is 0 Å². The fraction of sp³-hybridized carbons (Fsp3) is 0.636. The molecule has 7 heteroatoms. The molecule has 0 unspecified atom stereocenters. The molecular formula is C22H31ClN4O2. The van der Waals surface area contributed by atoms with Crippen molar-refractivity contribution >= 4 is 23.4 Å². The van der Waals surface area contributed by atoms with Crippen molar-refractivity contribution in [3.63, 3.8) is 0 Å². The summed E-state index contributed by atoms with van der Waals surface area (Å²) in [7, 11) is 0. The van der Waals surface area contributed by atoms with Gasteiger partial charge in [0.25, 0.3) is 0 Å². The van der Waals surface area contributed by atoms with E-state index in [9.17, 15) is 9.59 Å². The van der Waals surface area contributed by atoms with E-state index < -0.39 is 0 Å². The highest BCUT2D eigenvalue weighted by Gasteiger charge is 2.43. The first-order valence-electron chi connectivity index (χ1n) is 10.9. The molecule has 1 aromatic rings. The topological polar surface area (TPSA) is 64.7 Å². The second-order valence-corrected chi connectivity index (χ2v) is 8.97. The number of nitrogens with zero attached hydrogens (tertiary/aromatic N) is 2. The lowest BCUT2D eigenvalue weighted by atomic mass is 10.0. The van der Waals surface area contributed by atoms with Gasteiger partial charge in [0.1, 0.15) is 0 Å². The molecule has 3 fully saturated rings. The first kappa shape index (κ1) is 20.6. The number of piperidine rings is 1. The van der Waals surface area contributed by atoms with Crippen molar-refractivity contribution < 1.29 is 9.59 Å². The maximum absolute atomic E-state index is 12.5. The monoisotopic (exact) mass is 418 g/mol. The Bertz CT molecular complexity index is 737. The number of fused-ring (bicyclic) bond motifs is 1. The molecule has 0 bridgehead atoms. The van der Waals surface area contributed by atoms with Crippen LogP contribution in [0.25, 0.3) is 0 Å². The van der Waals surface area contributed by atoms with Crippen molar-refractivity contribution in [2.75, 3.05) is 26.2 Å². The quantitative estimate of drug-likeness (QED) is 0.743. The van der Waals surface area contributed by atoms with Gasteiger partial charge in [0.2, 0.25) is 11.8 Å². The van der Waals surface area contributed by atoms with E-state index in [1.54, 1.807) is 0 Å². The Kier molecular flexibility index (Phi) is 6.73. The van der Waals surface area contributed by atoms with E-state index in [0.717, 1.165) is 62.4 Å². The minimum Gasteiger partial charge on any atom is -0.353 e. The summed E-state index contributed by atoms with van der Waals surface area (Å²) in [6.07, 6.45) is 5.68. The van der Waals surface area contributed by atoms with Gasteiger partial charge >= 0.3 is 0 Å². The Hall–Kier alpha value is -1.63. The average Bonchev–Trinajstić information content (AvgIpc) is 3.18. The number of rotatable bonds is 6. The normalized spacial score (nSPS) is 27.6. The molecule has 158 valence electrons. The summed E-state index contributed by atoms with van der Waals surface area (Å²) >= 11 is 6.07. The zero-order chi connectivity index (χ0) is 20.2. The van der Waals surface area contributed by atoms with Crippen LogP contribution in [0.1, 0.15) is 44.1 Å². The molecule has 0 spiro atoms. The Morgan fingerprint density at radius 1 is 1.24 bits per heavy atom. The van der Waals surface area contributed by atoms with Gasteiger partial charge in [0.15, 0.2) is 0 Å². The molecule has 1 aromatic carbocycles. The fourth-order valence-electron chi connectivity index (χ4n) is 4.89. The van der Waals surface area contributed by atoms with E-state index in [2.05, 4.69) is 21.6 Å². The summed E-state index contributed by atoms with van der Waals surface area (Å²) in [5, 5.41) is 7.38. The number of carbonyl (C=O) groups is 2. The summed E-state index contributed by atoms with van der Waals surface area (Å²) in [6, 6.07) is 8.28. The molecule has 3 heterocycles. The van der Waals surface area contributed by atoms with Gasteiger partial charge in [0, 0.05) is 56.3 Å². The highest BCUT2D eigenvalue weighted by molar-refractivity contribution is 6.30. The number of hydrogen-bond acceptors (Lipinski definition) is 4. The number of carbonyl (C=O) groups excluding carboxylic acids is 2. The molecule has 0 aromatic heterocycles. The first-order chi connectivity index (χ1) is 14.1. The third kappa shape index (κ3) is 5.11. The van der Waals surface area contributed by atoms with Crippen LogP contribution in [0, 0.1) is 0 Å². The maximum Gasteiger partial charge on any atom is 0.237 e. The smallest absolute Gasteiger partial charge is 0.237 e. The molecule has 3 aliphatic heterocycles. The van der Waals surface area contributed by atoms with E-state index in [1.807, 2.05) is 23.1 Å². The van der Waals surface area contributed by atoms with Crippen molar-refractivity contribution in [2.24, 2.45) is 0 Å². The van der Waals surface area contributed by atoms with Crippen LogP contribution in [0.4, 0.5) is 0 Å². The molecule has 0 aliphatic carbocycles. The largest absolute Gasteiger partial charge is 0.353 e. The second kappa shape index (κ2) is 9.45. The summed E-state index contributed by atoms with van der Waals surface area (Å²) < 4.78 is 0. The van der Waals surface area contributed by atoms with E-state index in [4.69, 9.17) is 11.6 Å². The van der Waals surface area contributed by atoms with E-state index >= 15 is 0 Å². The van der Waals surface area contributed by atoms with Gasteiger partial charge in [-0.15, -0.1) is 0 Å². The van der Waals surface area contributed by atoms with E-state index in [0.29, 0.717) is 13.0 Å². The number of likely N-dealkylation sites (tertiary alicyclic amines) is 1. The lowest BCUT2D eigenvalue weighted by Gasteiger charge is -2.37. The minimum atomic E-state index is -0.0873. The van der Waals surface area contributed by atoms with Crippen LogP contribution in [0.3, 0.4) is 0 Å². The highest BCUT2D eigenvalue weighted by atomic mass is 35.5. The van der Waals surface area contributed by atoms with Crippen molar-refractivity contribution in [3.05, 3.63) is 34.9 Å². The number of hydrogen-bond donors (Lipinski definition) is 2. The lowest BCUT2D eigenvalue weighted by molar-refractivity contribution is -0.133. The predicted octanol–water partition coefficient (Wildman–Crippen LogP) is 2.16.